The second kappa shape index (κ2) is 8.34. The van der Waals surface area contributed by atoms with Gasteiger partial charge in [0, 0.05) is 30.4 Å². The fourth-order valence-corrected chi connectivity index (χ4v) is 2.78. The number of thiazole rings is 1. The number of hydrogen-bond donors (Lipinski definition) is 1. The quantitative estimate of drug-likeness (QED) is 0.905. The van der Waals surface area contributed by atoms with Gasteiger partial charge in [0.15, 0.2) is 0 Å². The number of nitrogens with zero attached hydrogens (tertiary/aromatic N) is 2. The molecular weight excluding hydrogens is 329 g/mol. The van der Waals surface area contributed by atoms with Gasteiger partial charge >= 0.3 is 0 Å². The monoisotopic (exact) mass is 345 g/mol. The molecule has 21 heavy (non-hydrogen) atoms. The summed E-state index contributed by atoms with van der Waals surface area (Å²) in [5.41, 5.74) is 6.87. The first kappa shape index (κ1) is 17.9. The summed E-state index contributed by atoms with van der Waals surface area (Å²) in [5.74, 6) is -0.107. The molecule has 1 aromatic heterocycles. The van der Waals surface area contributed by atoms with E-state index in [0.29, 0.717) is 30.2 Å². The molecular formula is C14H17Cl2N3OS. The molecule has 0 aliphatic rings. The Labute approximate surface area is 139 Å². The summed E-state index contributed by atoms with van der Waals surface area (Å²) in [7, 11) is 1.74. The molecule has 1 heterocycles. The fourth-order valence-electron chi connectivity index (χ4n) is 1.80. The molecule has 0 saturated carbocycles. The van der Waals surface area contributed by atoms with Gasteiger partial charge in [-0.25, -0.2) is 4.98 Å². The van der Waals surface area contributed by atoms with Crippen LogP contribution in [0.5, 0.6) is 0 Å². The van der Waals surface area contributed by atoms with E-state index in [9.17, 15) is 4.79 Å². The third-order valence-electron chi connectivity index (χ3n) is 2.84. The number of amides is 1. The van der Waals surface area contributed by atoms with Crippen LogP contribution >= 0.6 is 35.3 Å². The number of benzene rings is 1. The minimum Gasteiger partial charge on any atom is -0.336 e. The minimum atomic E-state index is -0.107. The van der Waals surface area contributed by atoms with Crippen molar-refractivity contribution in [1.82, 2.24) is 9.88 Å². The highest BCUT2D eigenvalue weighted by atomic mass is 35.5. The van der Waals surface area contributed by atoms with Gasteiger partial charge in [-0.3, -0.25) is 4.79 Å². The second-order valence-electron chi connectivity index (χ2n) is 4.42. The van der Waals surface area contributed by atoms with Crippen LogP contribution in [0.1, 0.15) is 21.1 Å². The Morgan fingerprint density at radius 1 is 1.43 bits per heavy atom. The van der Waals surface area contributed by atoms with Gasteiger partial charge in [-0.1, -0.05) is 29.8 Å². The lowest BCUT2D eigenvalue weighted by molar-refractivity contribution is 0.0780. The highest BCUT2D eigenvalue weighted by molar-refractivity contribution is 7.09. The minimum absolute atomic E-state index is 0. The fraction of sp³-hybridized carbons (Fsp3) is 0.286. The molecule has 0 bridgehead atoms. The summed E-state index contributed by atoms with van der Waals surface area (Å²) in [6, 6.07) is 7.50. The second-order valence-corrected chi connectivity index (χ2v) is 5.77. The van der Waals surface area contributed by atoms with Gasteiger partial charge in [0.05, 0.1) is 5.01 Å². The van der Waals surface area contributed by atoms with Crippen molar-refractivity contribution in [3.8, 4) is 0 Å². The van der Waals surface area contributed by atoms with E-state index in [1.54, 1.807) is 17.3 Å². The molecule has 114 valence electrons. The highest BCUT2D eigenvalue weighted by Crippen LogP contribution is 2.18. The average Bonchev–Trinajstić information content (AvgIpc) is 2.89. The zero-order valence-electron chi connectivity index (χ0n) is 11.6. The normalized spacial score (nSPS) is 10.0. The number of halogens is 2. The van der Waals surface area contributed by atoms with E-state index in [1.807, 2.05) is 24.3 Å². The van der Waals surface area contributed by atoms with Crippen LogP contribution in [0.4, 0.5) is 0 Å². The number of carbonyl (C=O) groups is 1. The highest BCUT2D eigenvalue weighted by Gasteiger charge is 2.16. The smallest absolute Gasteiger partial charge is 0.273 e. The zero-order chi connectivity index (χ0) is 14.5. The van der Waals surface area contributed by atoms with Gasteiger partial charge in [-0.05, 0) is 18.2 Å². The van der Waals surface area contributed by atoms with Gasteiger partial charge in [-0.2, -0.15) is 0 Å². The van der Waals surface area contributed by atoms with Crippen LogP contribution in [-0.4, -0.2) is 29.4 Å². The van der Waals surface area contributed by atoms with Gasteiger partial charge in [-0.15, -0.1) is 23.7 Å². The lowest BCUT2D eigenvalue weighted by Gasteiger charge is -2.16. The van der Waals surface area contributed by atoms with E-state index in [0.717, 1.165) is 10.6 Å². The van der Waals surface area contributed by atoms with Crippen molar-refractivity contribution in [3.05, 3.63) is 50.9 Å². The Hall–Kier alpha value is -1.14. The summed E-state index contributed by atoms with van der Waals surface area (Å²) >= 11 is 7.56. The van der Waals surface area contributed by atoms with E-state index < -0.39 is 0 Å². The maximum Gasteiger partial charge on any atom is 0.273 e. The number of rotatable bonds is 5. The van der Waals surface area contributed by atoms with Crippen LogP contribution < -0.4 is 5.73 Å². The summed E-state index contributed by atoms with van der Waals surface area (Å²) in [6.07, 6.45) is 0.701. The van der Waals surface area contributed by atoms with Crippen molar-refractivity contribution >= 4 is 41.3 Å². The van der Waals surface area contributed by atoms with Crippen molar-refractivity contribution in [2.45, 2.75) is 13.0 Å². The third kappa shape index (κ3) is 4.68. The average molecular weight is 346 g/mol. The molecule has 2 N–H and O–H groups in total. The van der Waals surface area contributed by atoms with Crippen LogP contribution in [0.25, 0.3) is 0 Å². The third-order valence-corrected chi connectivity index (χ3v) is 4.12. The van der Waals surface area contributed by atoms with E-state index in [-0.39, 0.29) is 18.3 Å². The first-order valence-corrected chi connectivity index (χ1v) is 7.51. The number of hydrogen-bond acceptors (Lipinski definition) is 4. The van der Waals surface area contributed by atoms with Crippen molar-refractivity contribution in [2.24, 2.45) is 5.73 Å². The van der Waals surface area contributed by atoms with Crippen molar-refractivity contribution in [2.75, 3.05) is 13.6 Å². The van der Waals surface area contributed by atoms with Gasteiger partial charge in [0.1, 0.15) is 5.69 Å². The summed E-state index contributed by atoms with van der Waals surface area (Å²) < 4.78 is 0. The van der Waals surface area contributed by atoms with Gasteiger partial charge in [0.2, 0.25) is 0 Å². The molecule has 1 aromatic carbocycles. The first-order valence-electron chi connectivity index (χ1n) is 6.25. The lowest BCUT2D eigenvalue weighted by atomic mass is 10.2. The number of nitrogens with two attached hydrogens (primary N) is 1. The number of carbonyl (C=O) groups excluding carboxylic acids is 1. The molecule has 0 saturated heterocycles. The topological polar surface area (TPSA) is 59.2 Å². The number of aromatic nitrogens is 1. The Morgan fingerprint density at radius 2 is 2.14 bits per heavy atom. The predicted octanol–water partition coefficient (Wildman–Crippen LogP) is 2.99. The lowest BCUT2D eigenvalue weighted by Crippen LogP contribution is -2.26. The van der Waals surface area contributed by atoms with E-state index in [4.69, 9.17) is 17.3 Å². The molecule has 0 spiro atoms. The van der Waals surface area contributed by atoms with Crippen LogP contribution in [0.3, 0.4) is 0 Å². The van der Waals surface area contributed by atoms with Crippen molar-refractivity contribution in [3.63, 3.8) is 0 Å². The molecule has 7 heteroatoms. The van der Waals surface area contributed by atoms with E-state index in [2.05, 4.69) is 4.98 Å². The molecule has 0 aliphatic heterocycles. The van der Waals surface area contributed by atoms with Crippen molar-refractivity contribution < 1.29 is 4.79 Å². The van der Waals surface area contributed by atoms with Gasteiger partial charge < -0.3 is 10.6 Å². The molecule has 0 fully saturated rings. The SMILES string of the molecule is CN(Cc1ccccc1Cl)C(=O)c1csc(CCN)n1.Cl. The first-order chi connectivity index (χ1) is 9.61. The Kier molecular flexibility index (Phi) is 7.11. The molecule has 4 nitrogen and oxygen atoms in total. The van der Waals surface area contributed by atoms with E-state index in [1.165, 1.54) is 11.3 Å². The molecule has 0 unspecified atom stereocenters. The Bertz CT molecular complexity index is 603. The predicted molar refractivity (Wildman–Crippen MR) is 89.4 cm³/mol. The molecule has 2 rings (SSSR count). The summed E-state index contributed by atoms with van der Waals surface area (Å²) in [6.45, 7) is 0.999. The molecule has 2 aromatic rings. The Balaban J connectivity index is 0.00000220. The largest absolute Gasteiger partial charge is 0.336 e. The maximum atomic E-state index is 12.3. The zero-order valence-corrected chi connectivity index (χ0v) is 14.0. The summed E-state index contributed by atoms with van der Waals surface area (Å²) in [4.78, 5) is 18.2. The Morgan fingerprint density at radius 3 is 2.81 bits per heavy atom. The van der Waals surface area contributed by atoms with Crippen LogP contribution in [0.15, 0.2) is 29.6 Å². The van der Waals surface area contributed by atoms with Crippen LogP contribution in [0, 0.1) is 0 Å². The maximum absolute atomic E-state index is 12.3. The molecule has 0 atom stereocenters. The van der Waals surface area contributed by atoms with Crippen LogP contribution in [-0.2, 0) is 13.0 Å². The molecule has 1 amide bonds. The van der Waals surface area contributed by atoms with Crippen molar-refractivity contribution in [1.29, 1.82) is 0 Å². The van der Waals surface area contributed by atoms with E-state index >= 15 is 0 Å². The molecule has 0 radical (unpaired) electrons. The van der Waals surface area contributed by atoms with Gasteiger partial charge in [0.25, 0.3) is 5.91 Å². The van der Waals surface area contributed by atoms with Crippen LogP contribution in [0.2, 0.25) is 5.02 Å². The standard InChI is InChI=1S/C14H16ClN3OS.ClH/c1-18(8-10-4-2-3-5-11(10)15)14(19)12-9-20-13(17-12)6-7-16;/h2-5,9H,6-8,16H2,1H3;1H. The molecule has 0 aliphatic carbocycles. The summed E-state index contributed by atoms with van der Waals surface area (Å²) in [5, 5.41) is 3.33.